The molecule has 102 valence electrons. The second kappa shape index (κ2) is 6.12. The van der Waals surface area contributed by atoms with Crippen molar-refractivity contribution in [3.8, 4) is 11.5 Å². The Hall–Kier alpha value is -1.46. The van der Waals surface area contributed by atoms with Crippen LogP contribution in [-0.2, 0) is 0 Å². The van der Waals surface area contributed by atoms with Crippen LogP contribution >= 0.6 is 15.9 Å². The third kappa shape index (κ3) is 3.11. The number of furan rings is 1. The number of benzene rings is 1. The molecule has 0 aliphatic heterocycles. The summed E-state index contributed by atoms with van der Waals surface area (Å²) in [6.07, 6.45) is 0. The van der Waals surface area contributed by atoms with Gasteiger partial charge < -0.3 is 19.2 Å². The van der Waals surface area contributed by atoms with Crippen molar-refractivity contribution < 1.29 is 13.9 Å². The van der Waals surface area contributed by atoms with Gasteiger partial charge in [-0.15, -0.1) is 0 Å². The molecule has 0 aliphatic rings. The number of ether oxygens (including phenoxy) is 2. The van der Waals surface area contributed by atoms with Gasteiger partial charge in [0.05, 0.1) is 20.3 Å². The lowest BCUT2D eigenvalue weighted by molar-refractivity contribution is 0.390. The minimum atomic E-state index is -0.0599. The fourth-order valence-corrected chi connectivity index (χ4v) is 2.27. The van der Waals surface area contributed by atoms with Crippen LogP contribution in [-0.4, -0.2) is 21.3 Å². The number of hydrogen-bond acceptors (Lipinski definition) is 4. The van der Waals surface area contributed by atoms with E-state index >= 15 is 0 Å². The van der Waals surface area contributed by atoms with E-state index in [2.05, 4.69) is 21.2 Å². The highest BCUT2D eigenvalue weighted by molar-refractivity contribution is 9.10. The van der Waals surface area contributed by atoms with Crippen molar-refractivity contribution in [2.24, 2.45) is 0 Å². The largest absolute Gasteiger partial charge is 0.497 e. The summed E-state index contributed by atoms with van der Waals surface area (Å²) in [5, 5.41) is 3.22. The number of rotatable bonds is 5. The average molecular weight is 326 g/mol. The van der Waals surface area contributed by atoms with Crippen LogP contribution in [0.3, 0.4) is 0 Å². The molecule has 0 spiro atoms. The van der Waals surface area contributed by atoms with E-state index in [0.717, 1.165) is 22.8 Å². The molecule has 1 unspecified atom stereocenters. The third-order valence-corrected chi connectivity index (χ3v) is 3.30. The SMILES string of the molecule is CNC(c1cc(OC)cc(OC)c1)c1ccc(Br)o1. The Bertz CT molecular complexity index is 531. The summed E-state index contributed by atoms with van der Waals surface area (Å²) < 4.78 is 16.9. The molecule has 0 saturated carbocycles. The van der Waals surface area contributed by atoms with Crippen molar-refractivity contribution in [3.63, 3.8) is 0 Å². The Balaban J connectivity index is 2.42. The molecule has 1 heterocycles. The van der Waals surface area contributed by atoms with Crippen LogP contribution in [0.2, 0.25) is 0 Å². The highest BCUT2D eigenvalue weighted by Gasteiger charge is 2.17. The summed E-state index contributed by atoms with van der Waals surface area (Å²) in [5.41, 5.74) is 1.01. The van der Waals surface area contributed by atoms with Gasteiger partial charge in [0.1, 0.15) is 17.3 Å². The fourth-order valence-electron chi connectivity index (χ4n) is 1.95. The van der Waals surface area contributed by atoms with E-state index in [9.17, 15) is 0 Å². The van der Waals surface area contributed by atoms with Gasteiger partial charge in [-0.25, -0.2) is 0 Å². The van der Waals surface area contributed by atoms with Gasteiger partial charge in [-0.1, -0.05) is 0 Å². The van der Waals surface area contributed by atoms with E-state index in [4.69, 9.17) is 13.9 Å². The van der Waals surface area contributed by atoms with Crippen LogP contribution in [0.4, 0.5) is 0 Å². The van der Waals surface area contributed by atoms with Crippen molar-refractivity contribution in [1.82, 2.24) is 5.32 Å². The van der Waals surface area contributed by atoms with Crippen molar-refractivity contribution in [1.29, 1.82) is 0 Å². The molecule has 0 bridgehead atoms. The van der Waals surface area contributed by atoms with Crippen LogP contribution in [0.1, 0.15) is 17.4 Å². The zero-order valence-electron chi connectivity index (χ0n) is 11.1. The topological polar surface area (TPSA) is 43.6 Å². The molecule has 2 rings (SSSR count). The first-order valence-electron chi connectivity index (χ1n) is 5.83. The molecule has 0 radical (unpaired) electrons. The van der Waals surface area contributed by atoms with E-state index in [1.165, 1.54) is 0 Å². The zero-order chi connectivity index (χ0) is 13.8. The molecule has 5 heteroatoms. The minimum Gasteiger partial charge on any atom is -0.497 e. The van der Waals surface area contributed by atoms with Gasteiger partial charge in [0.15, 0.2) is 4.67 Å². The van der Waals surface area contributed by atoms with Crippen LogP contribution in [0.25, 0.3) is 0 Å². The summed E-state index contributed by atoms with van der Waals surface area (Å²) >= 11 is 3.31. The predicted octanol–water partition coefficient (Wildman–Crippen LogP) is 3.37. The second-order valence-electron chi connectivity index (χ2n) is 4.01. The molecule has 1 N–H and O–H groups in total. The minimum absolute atomic E-state index is 0.0599. The van der Waals surface area contributed by atoms with Crippen molar-refractivity contribution >= 4 is 15.9 Å². The molecule has 1 aromatic heterocycles. The average Bonchev–Trinajstić information content (AvgIpc) is 2.85. The smallest absolute Gasteiger partial charge is 0.169 e. The quantitative estimate of drug-likeness (QED) is 0.915. The van der Waals surface area contributed by atoms with Crippen LogP contribution in [0.5, 0.6) is 11.5 Å². The van der Waals surface area contributed by atoms with E-state index in [0.29, 0.717) is 4.67 Å². The van der Waals surface area contributed by atoms with Crippen LogP contribution < -0.4 is 14.8 Å². The fraction of sp³-hybridized carbons (Fsp3) is 0.286. The lowest BCUT2D eigenvalue weighted by Crippen LogP contribution is -2.17. The van der Waals surface area contributed by atoms with Gasteiger partial charge >= 0.3 is 0 Å². The maximum Gasteiger partial charge on any atom is 0.169 e. The molecule has 1 atom stereocenters. The summed E-state index contributed by atoms with van der Waals surface area (Å²) in [7, 11) is 5.15. The van der Waals surface area contributed by atoms with E-state index < -0.39 is 0 Å². The lowest BCUT2D eigenvalue weighted by Gasteiger charge is -2.16. The lowest BCUT2D eigenvalue weighted by atomic mass is 10.0. The van der Waals surface area contributed by atoms with Crippen molar-refractivity contribution in [2.45, 2.75) is 6.04 Å². The van der Waals surface area contributed by atoms with Gasteiger partial charge in [-0.2, -0.15) is 0 Å². The maximum absolute atomic E-state index is 5.61. The van der Waals surface area contributed by atoms with Gasteiger partial charge in [0.2, 0.25) is 0 Å². The van der Waals surface area contributed by atoms with Crippen molar-refractivity contribution in [2.75, 3.05) is 21.3 Å². The normalized spacial score (nSPS) is 12.2. The molecular formula is C14H16BrNO3. The summed E-state index contributed by atoms with van der Waals surface area (Å²) in [5.74, 6) is 2.32. The summed E-state index contributed by atoms with van der Waals surface area (Å²) in [6.45, 7) is 0. The summed E-state index contributed by atoms with van der Waals surface area (Å²) in [4.78, 5) is 0. The Morgan fingerprint density at radius 1 is 1.11 bits per heavy atom. The highest BCUT2D eigenvalue weighted by Crippen LogP contribution is 2.31. The van der Waals surface area contributed by atoms with Gasteiger partial charge in [-0.05, 0) is 52.8 Å². The number of halogens is 1. The van der Waals surface area contributed by atoms with E-state index in [1.807, 2.05) is 37.4 Å². The van der Waals surface area contributed by atoms with Crippen molar-refractivity contribution in [3.05, 3.63) is 46.3 Å². The monoisotopic (exact) mass is 325 g/mol. The Labute approximate surface area is 120 Å². The third-order valence-electron chi connectivity index (χ3n) is 2.87. The number of methoxy groups -OCH3 is 2. The molecule has 0 aliphatic carbocycles. The number of nitrogens with one attached hydrogen (secondary N) is 1. The van der Waals surface area contributed by atoms with Gasteiger partial charge in [0.25, 0.3) is 0 Å². The number of hydrogen-bond donors (Lipinski definition) is 1. The molecule has 1 aromatic carbocycles. The summed E-state index contributed by atoms with van der Waals surface area (Å²) in [6, 6.07) is 9.50. The molecule has 19 heavy (non-hydrogen) atoms. The highest BCUT2D eigenvalue weighted by atomic mass is 79.9. The second-order valence-corrected chi connectivity index (χ2v) is 4.79. The Kier molecular flexibility index (Phi) is 4.50. The first kappa shape index (κ1) is 14.0. The zero-order valence-corrected chi connectivity index (χ0v) is 12.7. The molecule has 0 amide bonds. The standard InChI is InChI=1S/C14H16BrNO3/c1-16-14(12-4-5-13(15)19-12)9-6-10(17-2)8-11(7-9)18-3/h4-8,14,16H,1-3H3. The molecule has 2 aromatic rings. The molecule has 0 saturated heterocycles. The van der Waals surface area contributed by atoms with Crippen LogP contribution in [0, 0.1) is 0 Å². The van der Waals surface area contributed by atoms with E-state index in [1.54, 1.807) is 14.2 Å². The Morgan fingerprint density at radius 3 is 2.16 bits per heavy atom. The molecule has 4 nitrogen and oxygen atoms in total. The maximum atomic E-state index is 5.61. The molecule has 0 fully saturated rings. The molecular weight excluding hydrogens is 310 g/mol. The van der Waals surface area contributed by atoms with E-state index in [-0.39, 0.29) is 6.04 Å². The van der Waals surface area contributed by atoms with Gasteiger partial charge in [-0.3, -0.25) is 0 Å². The first-order chi connectivity index (χ1) is 9.17. The first-order valence-corrected chi connectivity index (χ1v) is 6.62. The Morgan fingerprint density at radius 2 is 1.74 bits per heavy atom. The van der Waals surface area contributed by atoms with Crippen LogP contribution in [0.15, 0.2) is 39.4 Å². The predicted molar refractivity (Wildman–Crippen MR) is 76.9 cm³/mol. The van der Waals surface area contributed by atoms with Gasteiger partial charge in [0, 0.05) is 6.07 Å².